The first-order valence-electron chi connectivity index (χ1n) is 9.15. The highest BCUT2D eigenvalue weighted by molar-refractivity contribution is 7.19. The zero-order valence-corrected chi connectivity index (χ0v) is 16.0. The van der Waals surface area contributed by atoms with Gasteiger partial charge in [0.05, 0.1) is 22.7 Å². The number of amides is 2. The van der Waals surface area contributed by atoms with Crippen molar-refractivity contribution in [1.29, 1.82) is 0 Å². The highest BCUT2D eigenvalue weighted by Crippen LogP contribution is 2.36. The van der Waals surface area contributed by atoms with E-state index in [0.717, 1.165) is 39.6 Å². The lowest BCUT2D eigenvalue weighted by atomic mass is 10.1. The first-order chi connectivity index (χ1) is 13.2. The molecule has 4 rings (SSSR count). The Kier molecular flexibility index (Phi) is 5.31. The van der Waals surface area contributed by atoms with Crippen molar-refractivity contribution < 1.29 is 9.53 Å². The highest BCUT2D eigenvalue weighted by atomic mass is 32.1. The van der Waals surface area contributed by atoms with Crippen LogP contribution in [0.3, 0.4) is 0 Å². The monoisotopic (exact) mass is 382 g/mol. The van der Waals surface area contributed by atoms with Crippen molar-refractivity contribution >= 4 is 33.4 Å². The molecule has 1 fully saturated rings. The minimum absolute atomic E-state index is 0.259. The number of ether oxygens (including phenoxy) is 1. The van der Waals surface area contributed by atoms with Gasteiger partial charge in [0.25, 0.3) is 0 Å². The molecule has 2 amide bonds. The number of nitrogens with zero attached hydrogens (tertiary/aromatic N) is 2. The molecule has 2 aromatic heterocycles. The van der Waals surface area contributed by atoms with Gasteiger partial charge < -0.3 is 10.1 Å². The van der Waals surface area contributed by atoms with E-state index in [1.54, 1.807) is 6.20 Å². The number of aryl methyl sites for hydroxylation is 1. The minimum Gasteiger partial charge on any atom is -0.379 e. The summed E-state index contributed by atoms with van der Waals surface area (Å²) in [6.45, 7) is 3.79. The van der Waals surface area contributed by atoms with Crippen molar-refractivity contribution in [3.8, 4) is 10.4 Å². The second kappa shape index (κ2) is 8.02. The van der Waals surface area contributed by atoms with E-state index in [9.17, 15) is 4.79 Å². The third-order valence-electron chi connectivity index (χ3n) is 4.49. The lowest BCUT2D eigenvalue weighted by molar-refractivity contribution is 0.127. The van der Waals surface area contributed by atoms with E-state index in [1.807, 2.05) is 25.1 Å². The van der Waals surface area contributed by atoms with Crippen LogP contribution in [0.4, 0.5) is 9.93 Å². The Morgan fingerprint density at radius 1 is 1.30 bits per heavy atom. The first-order valence-corrected chi connectivity index (χ1v) is 9.96. The molecular formula is C20H22N4O2S. The quantitative estimate of drug-likeness (QED) is 0.600. The maximum absolute atomic E-state index is 12.1. The number of benzene rings is 1. The number of carbonyl (C=O) groups excluding carboxylic acids is 1. The molecule has 3 aromatic rings. The van der Waals surface area contributed by atoms with E-state index in [2.05, 4.69) is 32.7 Å². The molecular weight excluding hydrogens is 360 g/mol. The van der Waals surface area contributed by atoms with Crippen LogP contribution in [0.1, 0.15) is 18.5 Å². The number of aromatic nitrogens is 2. The largest absolute Gasteiger partial charge is 0.379 e. The molecule has 2 heterocycles. The highest BCUT2D eigenvalue weighted by Gasteiger charge is 2.21. The van der Waals surface area contributed by atoms with Gasteiger partial charge in [0.1, 0.15) is 0 Å². The smallest absolute Gasteiger partial charge is 0.321 e. The molecule has 27 heavy (non-hydrogen) atoms. The van der Waals surface area contributed by atoms with E-state index >= 15 is 0 Å². The fourth-order valence-corrected chi connectivity index (χ4v) is 3.91. The number of pyridine rings is 1. The molecule has 140 valence electrons. The molecule has 1 aliphatic carbocycles. The Labute approximate surface area is 162 Å². The number of fused-ring (bicyclic) bond motifs is 1. The van der Waals surface area contributed by atoms with E-state index in [-0.39, 0.29) is 6.03 Å². The van der Waals surface area contributed by atoms with Gasteiger partial charge in [0, 0.05) is 30.3 Å². The van der Waals surface area contributed by atoms with Gasteiger partial charge in [-0.3, -0.25) is 10.3 Å². The van der Waals surface area contributed by atoms with Gasteiger partial charge in [-0.15, -0.1) is 0 Å². The van der Waals surface area contributed by atoms with Crippen LogP contribution in [0, 0.1) is 12.8 Å². The lowest BCUT2D eigenvalue weighted by Gasteiger charge is -2.06. The summed E-state index contributed by atoms with van der Waals surface area (Å²) in [5.41, 5.74) is 2.92. The zero-order chi connectivity index (χ0) is 18.6. The second-order valence-corrected chi connectivity index (χ2v) is 7.71. The topological polar surface area (TPSA) is 76.1 Å². The average molecular weight is 382 g/mol. The Bertz CT molecular complexity index is 947. The number of hydrogen-bond donors (Lipinski definition) is 2. The number of carbonyl (C=O) groups is 1. The first kappa shape index (κ1) is 17.9. The van der Waals surface area contributed by atoms with E-state index in [4.69, 9.17) is 4.74 Å². The molecule has 0 atom stereocenters. The summed E-state index contributed by atoms with van der Waals surface area (Å²) in [7, 11) is 0. The zero-order valence-electron chi connectivity index (χ0n) is 15.2. The molecule has 0 spiro atoms. The van der Waals surface area contributed by atoms with Crippen molar-refractivity contribution in [2.75, 3.05) is 25.1 Å². The van der Waals surface area contributed by atoms with Crippen LogP contribution in [0.25, 0.3) is 21.3 Å². The van der Waals surface area contributed by atoms with Gasteiger partial charge in [-0.1, -0.05) is 29.5 Å². The van der Waals surface area contributed by atoms with Crippen LogP contribution < -0.4 is 10.6 Å². The maximum Gasteiger partial charge on any atom is 0.321 e. The molecule has 0 radical (unpaired) electrons. The lowest BCUT2D eigenvalue weighted by Crippen LogP contribution is -2.31. The molecule has 0 unspecified atom stereocenters. The fraction of sp³-hybridized carbons (Fsp3) is 0.350. The number of thiazole rings is 1. The third kappa shape index (κ3) is 4.43. The summed E-state index contributed by atoms with van der Waals surface area (Å²) in [6.07, 6.45) is 4.33. The number of rotatable bonds is 7. The SMILES string of the molecule is Cc1nc(NC(=O)NCCOCC2CC2)sc1-c1cccc2ncccc12. The average Bonchev–Trinajstić information content (AvgIpc) is 3.43. The van der Waals surface area contributed by atoms with Gasteiger partial charge in [0.2, 0.25) is 0 Å². The normalized spacial score (nSPS) is 13.7. The molecule has 6 nitrogen and oxygen atoms in total. The Hall–Kier alpha value is -2.51. The molecule has 1 aromatic carbocycles. The van der Waals surface area contributed by atoms with Crippen molar-refractivity contribution in [1.82, 2.24) is 15.3 Å². The van der Waals surface area contributed by atoms with Gasteiger partial charge in [0.15, 0.2) is 5.13 Å². The minimum atomic E-state index is -0.259. The van der Waals surface area contributed by atoms with Crippen LogP contribution >= 0.6 is 11.3 Å². The summed E-state index contributed by atoms with van der Waals surface area (Å²) < 4.78 is 5.52. The number of nitrogens with one attached hydrogen (secondary N) is 2. The van der Waals surface area contributed by atoms with Crippen molar-refractivity contribution in [3.05, 3.63) is 42.2 Å². The standard InChI is InChI=1S/C20H22N4O2S/c1-13-18(16-4-2-6-17-15(16)5-3-9-21-17)27-20(23-13)24-19(25)22-10-11-26-12-14-7-8-14/h2-6,9,14H,7-8,10-12H2,1H3,(H2,22,23,24,25). The number of anilines is 1. The molecule has 1 aliphatic rings. The van der Waals surface area contributed by atoms with Crippen LogP contribution in [0.5, 0.6) is 0 Å². The molecule has 1 saturated carbocycles. The van der Waals surface area contributed by atoms with Gasteiger partial charge in [-0.05, 0) is 37.8 Å². The van der Waals surface area contributed by atoms with E-state index < -0.39 is 0 Å². The van der Waals surface area contributed by atoms with Crippen LogP contribution in [-0.4, -0.2) is 35.8 Å². The van der Waals surface area contributed by atoms with Crippen molar-refractivity contribution in [3.63, 3.8) is 0 Å². The summed E-state index contributed by atoms with van der Waals surface area (Å²) in [6, 6.07) is 9.77. The molecule has 2 N–H and O–H groups in total. The molecule has 0 bridgehead atoms. The van der Waals surface area contributed by atoms with Gasteiger partial charge in [-0.25, -0.2) is 9.78 Å². The fourth-order valence-electron chi connectivity index (χ4n) is 2.91. The second-order valence-electron chi connectivity index (χ2n) is 6.71. The Morgan fingerprint density at radius 3 is 3.04 bits per heavy atom. The maximum atomic E-state index is 12.1. The predicted octanol–water partition coefficient (Wildman–Crippen LogP) is 4.21. The summed E-state index contributed by atoms with van der Waals surface area (Å²) >= 11 is 1.47. The van der Waals surface area contributed by atoms with Crippen LogP contribution in [0.2, 0.25) is 0 Å². The summed E-state index contributed by atoms with van der Waals surface area (Å²) in [5.74, 6) is 0.736. The van der Waals surface area contributed by atoms with Crippen molar-refractivity contribution in [2.45, 2.75) is 19.8 Å². The van der Waals surface area contributed by atoms with Gasteiger partial charge >= 0.3 is 6.03 Å². The molecule has 7 heteroatoms. The van der Waals surface area contributed by atoms with E-state index in [0.29, 0.717) is 18.3 Å². The molecule has 0 aliphatic heterocycles. The number of urea groups is 1. The number of hydrogen-bond acceptors (Lipinski definition) is 5. The van der Waals surface area contributed by atoms with Crippen LogP contribution in [-0.2, 0) is 4.74 Å². The Balaban J connectivity index is 1.39. The predicted molar refractivity (Wildman–Crippen MR) is 108 cm³/mol. The summed E-state index contributed by atoms with van der Waals surface area (Å²) in [5, 5.41) is 7.29. The third-order valence-corrected chi connectivity index (χ3v) is 5.60. The summed E-state index contributed by atoms with van der Waals surface area (Å²) in [4.78, 5) is 22.0. The van der Waals surface area contributed by atoms with Crippen molar-refractivity contribution in [2.24, 2.45) is 5.92 Å². The molecule has 0 saturated heterocycles. The van der Waals surface area contributed by atoms with Crippen LogP contribution in [0.15, 0.2) is 36.5 Å². The Morgan fingerprint density at radius 2 is 2.19 bits per heavy atom. The van der Waals surface area contributed by atoms with E-state index in [1.165, 1.54) is 24.2 Å². The van der Waals surface area contributed by atoms with Gasteiger partial charge in [-0.2, -0.15) is 0 Å².